The molecule has 1 N–H and O–H groups in total. The molecule has 0 spiro atoms. The fourth-order valence-corrected chi connectivity index (χ4v) is 4.66. The maximum Gasteiger partial charge on any atom is 0.257 e. The van der Waals surface area contributed by atoms with Crippen LogP contribution >= 0.6 is 23.4 Å². The van der Waals surface area contributed by atoms with Crippen LogP contribution in [0.2, 0.25) is 5.02 Å². The van der Waals surface area contributed by atoms with E-state index in [4.69, 9.17) is 11.6 Å². The van der Waals surface area contributed by atoms with Gasteiger partial charge in [0.15, 0.2) is 0 Å². The Kier molecular flexibility index (Phi) is 5.60. The average Bonchev–Trinajstić information content (AvgIpc) is 3.10. The molecule has 1 saturated heterocycles. The fraction of sp³-hybridized carbons (Fsp3) is 0.130. The molecule has 0 bridgehead atoms. The largest absolute Gasteiger partial charge is 0.322 e. The summed E-state index contributed by atoms with van der Waals surface area (Å²) in [6.45, 7) is 2.02. The summed E-state index contributed by atoms with van der Waals surface area (Å²) in [7, 11) is 0. The molecular formula is C23H19ClN2O2S. The van der Waals surface area contributed by atoms with Gasteiger partial charge in [0.25, 0.3) is 5.91 Å². The molecule has 1 aliphatic heterocycles. The first-order valence-corrected chi connectivity index (χ1v) is 10.6. The van der Waals surface area contributed by atoms with Gasteiger partial charge in [-0.1, -0.05) is 53.6 Å². The van der Waals surface area contributed by atoms with E-state index >= 15 is 0 Å². The minimum absolute atomic E-state index is 0.0781. The highest BCUT2D eigenvalue weighted by Gasteiger charge is 2.34. The van der Waals surface area contributed by atoms with Crippen molar-refractivity contribution in [3.8, 4) is 0 Å². The molecule has 4 rings (SSSR count). The summed E-state index contributed by atoms with van der Waals surface area (Å²) in [4.78, 5) is 26.9. The van der Waals surface area contributed by atoms with Gasteiger partial charge in [-0.15, -0.1) is 11.8 Å². The van der Waals surface area contributed by atoms with Crippen LogP contribution in [-0.2, 0) is 4.79 Å². The molecule has 1 unspecified atom stereocenters. The molecule has 0 saturated carbocycles. The standard InChI is InChI=1S/C23H19ClN2O2S/c1-15-9-11-18(12-10-15)26-21(27)14-29-23(26)16-5-4-6-17(13-16)25-22(28)19-7-2-3-8-20(19)24/h2-13,23H,14H2,1H3,(H,25,28). The fourth-order valence-electron chi connectivity index (χ4n) is 3.27. The van der Waals surface area contributed by atoms with Crippen LogP contribution in [0.3, 0.4) is 0 Å². The zero-order valence-electron chi connectivity index (χ0n) is 15.8. The first-order chi connectivity index (χ1) is 14.0. The van der Waals surface area contributed by atoms with E-state index in [0.29, 0.717) is 22.0 Å². The van der Waals surface area contributed by atoms with Gasteiger partial charge in [0, 0.05) is 11.4 Å². The van der Waals surface area contributed by atoms with Crippen LogP contribution in [0.1, 0.15) is 26.9 Å². The lowest BCUT2D eigenvalue weighted by Gasteiger charge is -2.25. The van der Waals surface area contributed by atoms with Crippen molar-refractivity contribution in [2.24, 2.45) is 0 Å². The van der Waals surface area contributed by atoms with Crippen molar-refractivity contribution >= 4 is 46.6 Å². The molecule has 6 heteroatoms. The number of nitrogens with one attached hydrogen (secondary N) is 1. The van der Waals surface area contributed by atoms with E-state index in [9.17, 15) is 9.59 Å². The summed E-state index contributed by atoms with van der Waals surface area (Å²) in [5.74, 6) is 0.238. The van der Waals surface area contributed by atoms with E-state index in [0.717, 1.165) is 16.8 Å². The van der Waals surface area contributed by atoms with Gasteiger partial charge in [0.1, 0.15) is 5.37 Å². The monoisotopic (exact) mass is 422 g/mol. The molecule has 29 heavy (non-hydrogen) atoms. The van der Waals surface area contributed by atoms with Crippen LogP contribution in [0.4, 0.5) is 11.4 Å². The van der Waals surface area contributed by atoms with Crippen LogP contribution in [0.5, 0.6) is 0 Å². The van der Waals surface area contributed by atoms with E-state index < -0.39 is 0 Å². The number of aryl methyl sites for hydroxylation is 1. The van der Waals surface area contributed by atoms with Crippen molar-refractivity contribution in [2.45, 2.75) is 12.3 Å². The summed E-state index contributed by atoms with van der Waals surface area (Å²) in [6, 6.07) is 22.5. The molecule has 1 atom stereocenters. The number of halogens is 1. The predicted octanol–water partition coefficient (Wildman–Crippen LogP) is 5.68. The van der Waals surface area contributed by atoms with Gasteiger partial charge in [-0.25, -0.2) is 0 Å². The highest BCUT2D eigenvalue weighted by molar-refractivity contribution is 8.00. The van der Waals surface area contributed by atoms with E-state index in [1.54, 1.807) is 36.0 Å². The third-order valence-electron chi connectivity index (χ3n) is 4.73. The number of nitrogens with zero attached hydrogens (tertiary/aromatic N) is 1. The highest BCUT2D eigenvalue weighted by Crippen LogP contribution is 2.42. The second-order valence-electron chi connectivity index (χ2n) is 6.82. The first-order valence-electron chi connectivity index (χ1n) is 9.19. The number of thioether (sulfide) groups is 1. The quantitative estimate of drug-likeness (QED) is 0.588. The Bertz CT molecular complexity index is 1070. The van der Waals surface area contributed by atoms with E-state index in [-0.39, 0.29) is 17.2 Å². The van der Waals surface area contributed by atoms with Crippen molar-refractivity contribution in [1.82, 2.24) is 0 Å². The number of rotatable bonds is 4. The van der Waals surface area contributed by atoms with Crippen LogP contribution in [0.15, 0.2) is 72.8 Å². The molecule has 4 nitrogen and oxygen atoms in total. The summed E-state index contributed by atoms with van der Waals surface area (Å²) in [5, 5.41) is 3.17. The second kappa shape index (κ2) is 8.31. The van der Waals surface area contributed by atoms with Gasteiger partial charge < -0.3 is 5.32 Å². The van der Waals surface area contributed by atoms with E-state index in [1.165, 1.54) is 0 Å². The van der Waals surface area contributed by atoms with Gasteiger partial charge >= 0.3 is 0 Å². The average molecular weight is 423 g/mol. The molecule has 0 aromatic heterocycles. The lowest BCUT2D eigenvalue weighted by molar-refractivity contribution is -0.115. The van der Waals surface area contributed by atoms with Crippen molar-refractivity contribution in [2.75, 3.05) is 16.0 Å². The third-order valence-corrected chi connectivity index (χ3v) is 6.27. The van der Waals surface area contributed by atoms with Gasteiger partial charge in [0.2, 0.25) is 5.91 Å². The number of carbonyl (C=O) groups excluding carboxylic acids is 2. The zero-order valence-corrected chi connectivity index (χ0v) is 17.3. The predicted molar refractivity (Wildman–Crippen MR) is 120 cm³/mol. The maximum absolute atomic E-state index is 12.6. The minimum atomic E-state index is -0.265. The Balaban J connectivity index is 1.59. The van der Waals surface area contributed by atoms with Crippen LogP contribution in [-0.4, -0.2) is 17.6 Å². The lowest BCUT2D eigenvalue weighted by Crippen LogP contribution is -2.27. The molecule has 0 aliphatic carbocycles. The van der Waals surface area contributed by atoms with Gasteiger partial charge in [0.05, 0.1) is 16.3 Å². The summed E-state index contributed by atoms with van der Waals surface area (Å²) in [5.41, 5.74) is 4.07. The number of benzene rings is 3. The van der Waals surface area contributed by atoms with Crippen molar-refractivity contribution in [3.63, 3.8) is 0 Å². The summed E-state index contributed by atoms with van der Waals surface area (Å²) >= 11 is 7.71. The van der Waals surface area contributed by atoms with Crippen LogP contribution in [0, 0.1) is 6.92 Å². The molecule has 3 aromatic rings. The number of amides is 2. The normalized spacial score (nSPS) is 16.1. The van der Waals surface area contributed by atoms with Crippen LogP contribution in [0.25, 0.3) is 0 Å². The Morgan fingerprint density at radius 1 is 1.07 bits per heavy atom. The smallest absolute Gasteiger partial charge is 0.257 e. The van der Waals surface area contributed by atoms with Gasteiger partial charge in [-0.2, -0.15) is 0 Å². The lowest BCUT2D eigenvalue weighted by atomic mass is 10.1. The Hall–Kier alpha value is -2.76. The van der Waals surface area contributed by atoms with Gasteiger partial charge in [-0.3, -0.25) is 14.5 Å². The molecule has 1 heterocycles. The molecule has 3 aromatic carbocycles. The zero-order chi connectivity index (χ0) is 20.4. The number of hydrogen-bond acceptors (Lipinski definition) is 3. The van der Waals surface area contributed by atoms with Crippen molar-refractivity contribution in [1.29, 1.82) is 0 Å². The maximum atomic E-state index is 12.6. The summed E-state index contributed by atoms with van der Waals surface area (Å²) in [6.07, 6.45) is 0. The van der Waals surface area contributed by atoms with Crippen LogP contribution < -0.4 is 10.2 Å². The second-order valence-corrected chi connectivity index (χ2v) is 8.30. The van der Waals surface area contributed by atoms with Gasteiger partial charge in [-0.05, 0) is 48.9 Å². The Morgan fingerprint density at radius 2 is 1.83 bits per heavy atom. The number of carbonyl (C=O) groups is 2. The minimum Gasteiger partial charge on any atom is -0.322 e. The highest BCUT2D eigenvalue weighted by atomic mass is 35.5. The molecular weight excluding hydrogens is 404 g/mol. The Morgan fingerprint density at radius 3 is 2.59 bits per heavy atom. The molecule has 146 valence electrons. The molecule has 1 fully saturated rings. The molecule has 1 aliphatic rings. The number of hydrogen-bond donors (Lipinski definition) is 1. The summed E-state index contributed by atoms with van der Waals surface area (Å²) < 4.78 is 0. The first kappa shape index (κ1) is 19.6. The van der Waals surface area contributed by atoms with Crippen molar-refractivity contribution in [3.05, 3.63) is 94.5 Å². The van der Waals surface area contributed by atoms with E-state index in [2.05, 4.69) is 5.32 Å². The van der Waals surface area contributed by atoms with Crippen molar-refractivity contribution < 1.29 is 9.59 Å². The SMILES string of the molecule is Cc1ccc(N2C(=O)CSC2c2cccc(NC(=O)c3ccccc3Cl)c2)cc1. The van der Waals surface area contributed by atoms with E-state index in [1.807, 2.05) is 60.4 Å². The third kappa shape index (κ3) is 4.16. The topological polar surface area (TPSA) is 49.4 Å². The molecule has 0 radical (unpaired) electrons. The molecule has 2 amide bonds. The Labute approximate surface area is 178 Å². The number of anilines is 2.